The first-order valence-corrected chi connectivity index (χ1v) is 8.49. The second kappa shape index (κ2) is 7.82. The molecule has 0 saturated carbocycles. The first-order chi connectivity index (χ1) is 11.2. The van der Waals surface area contributed by atoms with Crippen LogP contribution in [-0.4, -0.2) is 36.2 Å². The smallest absolute Gasteiger partial charge is 0.120 e. The molecule has 1 aliphatic rings. The summed E-state index contributed by atoms with van der Waals surface area (Å²) in [6.07, 6.45) is 1.86. The predicted octanol–water partition coefficient (Wildman–Crippen LogP) is 3.90. The third kappa shape index (κ3) is 4.25. The van der Waals surface area contributed by atoms with E-state index in [4.69, 9.17) is 16.3 Å². The van der Waals surface area contributed by atoms with E-state index in [0.29, 0.717) is 17.2 Å². The molecule has 122 valence electrons. The van der Waals surface area contributed by atoms with Gasteiger partial charge in [-0.25, -0.2) is 0 Å². The quantitative estimate of drug-likeness (QED) is 0.871. The van der Waals surface area contributed by atoms with Crippen LogP contribution in [0.4, 0.5) is 0 Å². The lowest BCUT2D eigenvalue weighted by Gasteiger charge is -2.16. The van der Waals surface area contributed by atoms with Gasteiger partial charge in [0.05, 0.1) is 5.02 Å². The Labute approximate surface area is 142 Å². The van der Waals surface area contributed by atoms with Gasteiger partial charge in [-0.05, 0) is 43.6 Å². The minimum absolute atomic E-state index is 0.528. The van der Waals surface area contributed by atoms with Crippen molar-refractivity contribution in [2.24, 2.45) is 0 Å². The van der Waals surface area contributed by atoms with Gasteiger partial charge >= 0.3 is 0 Å². The fraction of sp³-hybridized carbons (Fsp3) is 0.368. The van der Waals surface area contributed by atoms with Crippen molar-refractivity contribution in [2.75, 3.05) is 26.2 Å². The maximum atomic E-state index is 10.5. The van der Waals surface area contributed by atoms with Crippen molar-refractivity contribution in [3.05, 3.63) is 64.7 Å². The fourth-order valence-corrected chi connectivity index (χ4v) is 3.21. The molecule has 23 heavy (non-hydrogen) atoms. The summed E-state index contributed by atoms with van der Waals surface area (Å²) >= 11 is 6.33. The molecule has 1 unspecified atom stereocenters. The van der Waals surface area contributed by atoms with Crippen molar-refractivity contribution in [1.82, 2.24) is 4.90 Å². The number of hydrogen-bond donors (Lipinski definition) is 1. The topological polar surface area (TPSA) is 32.7 Å². The Morgan fingerprint density at radius 3 is 2.52 bits per heavy atom. The molecule has 4 heteroatoms. The van der Waals surface area contributed by atoms with Gasteiger partial charge in [0.15, 0.2) is 0 Å². The zero-order valence-electron chi connectivity index (χ0n) is 13.1. The van der Waals surface area contributed by atoms with Crippen LogP contribution in [0.2, 0.25) is 5.02 Å². The summed E-state index contributed by atoms with van der Waals surface area (Å²) in [4.78, 5) is 2.41. The average Bonchev–Trinajstić information content (AvgIpc) is 3.09. The van der Waals surface area contributed by atoms with Crippen molar-refractivity contribution in [1.29, 1.82) is 0 Å². The Morgan fingerprint density at radius 1 is 1.09 bits per heavy atom. The zero-order valence-corrected chi connectivity index (χ0v) is 13.9. The summed E-state index contributed by atoms with van der Waals surface area (Å²) in [5.74, 6) is 0.748. The summed E-state index contributed by atoms with van der Waals surface area (Å²) in [7, 11) is 0. The molecule has 3 nitrogen and oxygen atoms in total. The van der Waals surface area contributed by atoms with Gasteiger partial charge in [-0.2, -0.15) is 0 Å². The lowest BCUT2D eigenvalue weighted by Crippen LogP contribution is -2.25. The van der Waals surface area contributed by atoms with E-state index in [1.165, 1.54) is 25.9 Å². The number of halogens is 1. The van der Waals surface area contributed by atoms with E-state index in [-0.39, 0.29) is 0 Å². The van der Waals surface area contributed by atoms with Crippen molar-refractivity contribution in [3.8, 4) is 5.75 Å². The number of ether oxygens (including phenoxy) is 1. The Hall–Kier alpha value is -1.55. The second-order valence-corrected chi connectivity index (χ2v) is 6.30. The molecule has 3 rings (SSSR count). The number of likely N-dealkylation sites (tertiary alicyclic amines) is 1. The van der Waals surface area contributed by atoms with E-state index in [2.05, 4.69) is 4.90 Å². The van der Waals surface area contributed by atoms with Crippen LogP contribution >= 0.6 is 11.6 Å². The van der Waals surface area contributed by atoms with Crippen molar-refractivity contribution >= 4 is 11.6 Å². The minimum Gasteiger partial charge on any atom is -0.492 e. The van der Waals surface area contributed by atoms with Gasteiger partial charge in [-0.1, -0.05) is 48.0 Å². The van der Waals surface area contributed by atoms with Crippen LogP contribution in [0.3, 0.4) is 0 Å². The number of nitrogens with zero attached hydrogens (tertiary/aromatic N) is 1. The Bertz CT molecular complexity index is 627. The van der Waals surface area contributed by atoms with Crippen molar-refractivity contribution in [3.63, 3.8) is 0 Å². The number of aliphatic hydroxyl groups is 1. The lowest BCUT2D eigenvalue weighted by molar-refractivity contribution is 0.219. The number of rotatable bonds is 6. The Morgan fingerprint density at radius 2 is 1.83 bits per heavy atom. The van der Waals surface area contributed by atoms with E-state index >= 15 is 0 Å². The third-order valence-corrected chi connectivity index (χ3v) is 4.58. The highest BCUT2D eigenvalue weighted by Crippen LogP contribution is 2.31. The summed E-state index contributed by atoms with van der Waals surface area (Å²) in [5, 5.41) is 11.0. The van der Waals surface area contributed by atoms with Gasteiger partial charge in [-0.15, -0.1) is 0 Å². The molecule has 1 saturated heterocycles. The molecule has 1 N–H and O–H groups in total. The van der Waals surface area contributed by atoms with Crippen LogP contribution < -0.4 is 4.74 Å². The number of hydrogen-bond acceptors (Lipinski definition) is 3. The molecule has 0 aromatic heterocycles. The summed E-state index contributed by atoms with van der Waals surface area (Å²) in [5.41, 5.74) is 1.53. The second-order valence-electron chi connectivity index (χ2n) is 5.89. The summed E-state index contributed by atoms with van der Waals surface area (Å²) in [6, 6.07) is 15.0. The zero-order chi connectivity index (χ0) is 16.1. The van der Waals surface area contributed by atoms with E-state index in [9.17, 15) is 5.11 Å². The highest BCUT2D eigenvalue weighted by atomic mass is 35.5. The summed E-state index contributed by atoms with van der Waals surface area (Å²) < 4.78 is 5.78. The highest BCUT2D eigenvalue weighted by Gasteiger charge is 2.15. The van der Waals surface area contributed by atoms with Crippen LogP contribution in [0.25, 0.3) is 0 Å². The standard InChI is InChI=1S/C19H22ClNO2/c20-18-14-16(23-13-12-21-10-4-5-11-21)8-9-17(18)19(22)15-6-2-1-3-7-15/h1-3,6-9,14,19,22H,4-5,10-13H2. The van der Waals surface area contributed by atoms with Gasteiger partial charge in [0.25, 0.3) is 0 Å². The van der Waals surface area contributed by atoms with Crippen LogP contribution in [0.15, 0.2) is 48.5 Å². The van der Waals surface area contributed by atoms with E-state index in [1.54, 1.807) is 6.07 Å². The normalized spacial score (nSPS) is 16.4. The van der Waals surface area contributed by atoms with Crippen molar-refractivity contribution < 1.29 is 9.84 Å². The average molecular weight is 332 g/mol. The minimum atomic E-state index is -0.720. The number of aliphatic hydroxyl groups excluding tert-OH is 1. The molecule has 0 amide bonds. The largest absolute Gasteiger partial charge is 0.492 e. The van der Waals surface area contributed by atoms with Gasteiger partial charge in [-0.3, -0.25) is 4.90 Å². The maximum Gasteiger partial charge on any atom is 0.120 e. The van der Waals surface area contributed by atoms with Gasteiger partial charge in [0.2, 0.25) is 0 Å². The van der Waals surface area contributed by atoms with E-state index in [0.717, 1.165) is 17.9 Å². The maximum absolute atomic E-state index is 10.5. The molecule has 1 fully saturated rings. The Kier molecular flexibility index (Phi) is 5.55. The van der Waals surface area contributed by atoms with Gasteiger partial charge < -0.3 is 9.84 Å². The molecule has 2 aromatic rings. The summed E-state index contributed by atoms with van der Waals surface area (Å²) in [6.45, 7) is 3.96. The lowest BCUT2D eigenvalue weighted by atomic mass is 10.0. The highest BCUT2D eigenvalue weighted by molar-refractivity contribution is 6.31. The molecular weight excluding hydrogens is 310 g/mol. The van der Waals surface area contributed by atoms with Crippen molar-refractivity contribution in [2.45, 2.75) is 18.9 Å². The molecule has 1 heterocycles. The van der Waals surface area contributed by atoms with Gasteiger partial charge in [0, 0.05) is 12.1 Å². The molecule has 1 aliphatic heterocycles. The van der Waals surface area contributed by atoms with Crippen LogP contribution in [0.5, 0.6) is 5.75 Å². The van der Waals surface area contributed by atoms with Crippen LogP contribution in [-0.2, 0) is 0 Å². The predicted molar refractivity (Wildman–Crippen MR) is 93.1 cm³/mol. The van der Waals surface area contributed by atoms with Crippen LogP contribution in [0, 0.1) is 0 Å². The molecular formula is C19H22ClNO2. The molecule has 1 atom stereocenters. The fourth-order valence-electron chi connectivity index (χ4n) is 2.93. The third-order valence-electron chi connectivity index (χ3n) is 4.26. The SMILES string of the molecule is OC(c1ccccc1)c1ccc(OCCN2CCCC2)cc1Cl. The Balaban J connectivity index is 1.61. The monoisotopic (exact) mass is 331 g/mol. The van der Waals surface area contributed by atoms with Gasteiger partial charge in [0.1, 0.15) is 18.5 Å². The molecule has 0 aliphatic carbocycles. The van der Waals surface area contributed by atoms with E-state index in [1.807, 2.05) is 42.5 Å². The molecule has 0 bridgehead atoms. The first kappa shape index (κ1) is 16.3. The van der Waals surface area contributed by atoms with Crippen LogP contribution in [0.1, 0.15) is 30.1 Å². The first-order valence-electron chi connectivity index (χ1n) is 8.11. The molecule has 0 spiro atoms. The van der Waals surface area contributed by atoms with E-state index < -0.39 is 6.10 Å². The molecule has 0 radical (unpaired) electrons. The molecule has 2 aromatic carbocycles. The number of benzene rings is 2.